The molecule has 56 heavy (non-hydrogen) atoms. The lowest BCUT2D eigenvalue weighted by Gasteiger charge is -2.32. The summed E-state index contributed by atoms with van der Waals surface area (Å²) < 4.78 is 0. The van der Waals surface area contributed by atoms with Gasteiger partial charge < -0.3 is 57.9 Å². The molecule has 11 N–H and O–H groups in total. The van der Waals surface area contributed by atoms with E-state index >= 15 is 0 Å². The molecule has 0 aromatic heterocycles. The monoisotopic (exact) mass is 798 g/mol. The molecule has 0 bridgehead atoms. The third-order valence-corrected chi connectivity index (χ3v) is 8.61. The Hall–Kier alpha value is -5.67. The molecular weight excluding hydrogens is 744 g/mol. The van der Waals surface area contributed by atoms with Crippen molar-refractivity contribution >= 4 is 65.0 Å². The van der Waals surface area contributed by atoms with Crippen molar-refractivity contribution in [3.63, 3.8) is 0 Å². The fourth-order valence-electron chi connectivity index (χ4n) is 5.77. The van der Waals surface area contributed by atoms with Crippen LogP contribution in [0.5, 0.6) is 0 Å². The van der Waals surface area contributed by atoms with Gasteiger partial charge in [0.2, 0.25) is 41.2 Å². The number of nitrogens with two attached hydrogens (primary N) is 1. The third-order valence-electron chi connectivity index (χ3n) is 8.61. The maximum Gasteiger partial charge on any atom is 0.322 e. The molecule has 6 atom stereocenters. The number of rotatable bonds is 25. The van der Waals surface area contributed by atoms with Gasteiger partial charge in [-0.3, -0.25) is 52.7 Å². The number of nitrogens with zero attached hydrogens (tertiary/aromatic N) is 1. The minimum atomic E-state index is -1.56. The Balaban J connectivity index is 3.21. The first-order valence-electron chi connectivity index (χ1n) is 18.2. The summed E-state index contributed by atoms with van der Waals surface area (Å²) in [5, 5.41) is 41.1. The fraction of sp³-hybridized carbons (Fsp3) is 0.676. The molecule has 0 saturated carbocycles. The Kier molecular flexibility index (Phi) is 20.7. The Bertz CT molecular complexity index is 1490. The number of hydrogen-bond acceptors (Lipinski definition) is 12. The SMILES string of the molecule is CCCC(NC(=O)C1CCCN1C(=O)C(NC(=O)C(CCN)NC(=O)C(CCC(=O)O)NC(=O)C(CCC(=O)O)NC(C)=O)C(C)C)C(=O)C(=O)NCC(=O)O. The Morgan fingerprint density at radius 1 is 0.696 bits per heavy atom. The molecule has 314 valence electrons. The molecule has 22 heteroatoms. The van der Waals surface area contributed by atoms with Crippen molar-refractivity contribution < 1.29 is 68.1 Å². The zero-order chi connectivity index (χ0) is 42.7. The zero-order valence-corrected chi connectivity index (χ0v) is 31.9. The van der Waals surface area contributed by atoms with Crippen LogP contribution in [0.15, 0.2) is 0 Å². The van der Waals surface area contributed by atoms with Gasteiger partial charge in [-0.25, -0.2) is 0 Å². The van der Waals surface area contributed by atoms with Gasteiger partial charge in [-0.15, -0.1) is 0 Å². The summed E-state index contributed by atoms with van der Waals surface area (Å²) in [4.78, 5) is 139. The van der Waals surface area contributed by atoms with Crippen LogP contribution in [-0.2, 0) is 52.7 Å². The van der Waals surface area contributed by atoms with E-state index < -0.39 is 133 Å². The van der Waals surface area contributed by atoms with Crippen molar-refractivity contribution in [2.24, 2.45) is 11.7 Å². The molecule has 1 rings (SSSR count). The van der Waals surface area contributed by atoms with Crippen molar-refractivity contribution in [1.29, 1.82) is 0 Å². The minimum Gasteiger partial charge on any atom is -0.481 e. The van der Waals surface area contributed by atoms with Crippen molar-refractivity contribution in [2.45, 2.75) is 122 Å². The first kappa shape index (κ1) is 48.3. The van der Waals surface area contributed by atoms with Gasteiger partial charge in [0, 0.05) is 26.3 Å². The summed E-state index contributed by atoms with van der Waals surface area (Å²) in [6, 6.07) is -8.00. The summed E-state index contributed by atoms with van der Waals surface area (Å²) in [6.45, 7) is 5.16. The average molecular weight is 799 g/mol. The number of likely N-dealkylation sites (tertiary alicyclic amines) is 1. The molecular formula is C34H54N8O14. The molecule has 7 amide bonds. The van der Waals surface area contributed by atoms with E-state index in [9.17, 15) is 57.8 Å². The van der Waals surface area contributed by atoms with Crippen molar-refractivity contribution in [3.8, 4) is 0 Å². The molecule has 1 aliphatic rings. The van der Waals surface area contributed by atoms with Crippen LogP contribution >= 0.6 is 0 Å². The van der Waals surface area contributed by atoms with Gasteiger partial charge in [0.05, 0.1) is 6.04 Å². The molecule has 0 radical (unpaired) electrons. The Labute approximate surface area is 322 Å². The predicted molar refractivity (Wildman–Crippen MR) is 193 cm³/mol. The standard InChI is InChI=1S/C34H54N8O14/c1-5-7-19(28(50)33(55)36-16-26(48)49)38-32(54)23-8-6-15-42(23)34(56)27(17(2)3)41-31(53)22(13-14-35)40-30(52)21(10-12-25(46)47)39-29(51)20(37-18(4)43)9-11-24(44)45/h17,19-23,27H,5-16,35H2,1-4H3,(H,36,55)(H,37,43)(H,38,54)(H,39,51)(H,40,52)(H,41,53)(H,44,45)(H,46,47)(H,48,49). The Morgan fingerprint density at radius 2 is 1.21 bits per heavy atom. The Morgan fingerprint density at radius 3 is 1.68 bits per heavy atom. The highest BCUT2D eigenvalue weighted by atomic mass is 16.4. The van der Waals surface area contributed by atoms with Gasteiger partial charge in [0.15, 0.2) is 0 Å². The highest BCUT2D eigenvalue weighted by molar-refractivity contribution is 6.38. The highest BCUT2D eigenvalue weighted by Crippen LogP contribution is 2.21. The molecule has 1 heterocycles. The third kappa shape index (κ3) is 16.4. The number of carbonyl (C=O) groups excluding carboxylic acids is 8. The second kappa shape index (κ2) is 24.0. The first-order chi connectivity index (χ1) is 26.2. The highest BCUT2D eigenvalue weighted by Gasteiger charge is 2.41. The van der Waals surface area contributed by atoms with Crippen LogP contribution in [0.4, 0.5) is 0 Å². The van der Waals surface area contributed by atoms with E-state index in [-0.39, 0.29) is 38.8 Å². The van der Waals surface area contributed by atoms with Gasteiger partial charge in [-0.1, -0.05) is 27.2 Å². The second-order valence-corrected chi connectivity index (χ2v) is 13.5. The van der Waals surface area contributed by atoms with Crippen LogP contribution in [0.25, 0.3) is 0 Å². The number of aliphatic carboxylic acids is 3. The average Bonchev–Trinajstić information content (AvgIpc) is 3.61. The van der Waals surface area contributed by atoms with Gasteiger partial charge >= 0.3 is 17.9 Å². The van der Waals surface area contributed by atoms with E-state index in [1.54, 1.807) is 20.8 Å². The van der Waals surface area contributed by atoms with Crippen LogP contribution in [0, 0.1) is 5.92 Å². The van der Waals surface area contributed by atoms with Crippen molar-refractivity contribution in [3.05, 3.63) is 0 Å². The molecule has 0 aliphatic carbocycles. The summed E-state index contributed by atoms with van der Waals surface area (Å²) in [5.41, 5.74) is 5.71. The predicted octanol–water partition coefficient (Wildman–Crippen LogP) is -3.27. The van der Waals surface area contributed by atoms with E-state index in [4.69, 9.17) is 15.9 Å². The van der Waals surface area contributed by atoms with Crippen LogP contribution in [-0.4, -0.2) is 141 Å². The van der Waals surface area contributed by atoms with Crippen LogP contribution < -0.4 is 37.6 Å². The summed E-state index contributed by atoms with van der Waals surface area (Å²) in [5.74, 6) is -11.7. The number of carboxylic acids is 3. The maximum atomic E-state index is 13.9. The van der Waals surface area contributed by atoms with Gasteiger partial charge in [0.1, 0.15) is 36.8 Å². The topological polar surface area (TPSA) is 350 Å². The smallest absolute Gasteiger partial charge is 0.322 e. The minimum absolute atomic E-state index is 0.0477. The number of nitrogens with one attached hydrogen (secondary N) is 6. The van der Waals surface area contributed by atoms with E-state index in [1.165, 1.54) is 4.90 Å². The van der Waals surface area contributed by atoms with Gasteiger partial charge in [-0.05, 0) is 51.0 Å². The zero-order valence-electron chi connectivity index (χ0n) is 31.9. The fourth-order valence-corrected chi connectivity index (χ4v) is 5.77. The lowest BCUT2D eigenvalue weighted by atomic mass is 10.0. The number of ketones is 1. The van der Waals surface area contributed by atoms with Crippen LogP contribution in [0.1, 0.15) is 85.5 Å². The number of carbonyl (C=O) groups is 11. The van der Waals surface area contributed by atoms with E-state index in [2.05, 4.69) is 26.6 Å². The number of carboxylic acid groups (broad SMARTS) is 3. The molecule has 0 aromatic carbocycles. The number of Topliss-reactive ketones (excluding diaryl/α,β-unsaturated/α-hetero) is 1. The molecule has 1 fully saturated rings. The molecule has 0 spiro atoms. The normalized spacial score (nSPS) is 16.2. The largest absolute Gasteiger partial charge is 0.481 e. The number of amides is 7. The molecule has 0 aromatic rings. The van der Waals surface area contributed by atoms with Crippen molar-refractivity contribution in [1.82, 2.24) is 36.8 Å². The summed E-state index contributed by atoms with van der Waals surface area (Å²) in [7, 11) is 0. The lowest BCUT2D eigenvalue weighted by Crippen LogP contribution is -2.60. The van der Waals surface area contributed by atoms with Crippen molar-refractivity contribution in [2.75, 3.05) is 19.6 Å². The van der Waals surface area contributed by atoms with Crippen LogP contribution in [0.3, 0.4) is 0 Å². The first-order valence-corrected chi connectivity index (χ1v) is 18.2. The molecule has 1 aliphatic heterocycles. The summed E-state index contributed by atoms with van der Waals surface area (Å²) in [6.07, 6.45) is -1.13. The van der Waals surface area contributed by atoms with E-state index in [1.807, 2.05) is 5.32 Å². The quantitative estimate of drug-likeness (QED) is 0.0405. The lowest BCUT2D eigenvalue weighted by molar-refractivity contribution is -0.145. The molecule has 6 unspecified atom stereocenters. The van der Waals surface area contributed by atoms with E-state index in [0.717, 1.165) is 6.92 Å². The molecule has 22 nitrogen and oxygen atoms in total. The van der Waals surface area contributed by atoms with Gasteiger partial charge in [-0.2, -0.15) is 0 Å². The number of hydrogen-bond donors (Lipinski definition) is 10. The van der Waals surface area contributed by atoms with Gasteiger partial charge in [0.25, 0.3) is 5.91 Å². The van der Waals surface area contributed by atoms with Crippen LogP contribution in [0.2, 0.25) is 0 Å². The summed E-state index contributed by atoms with van der Waals surface area (Å²) >= 11 is 0. The maximum absolute atomic E-state index is 13.9. The molecule has 1 saturated heterocycles. The van der Waals surface area contributed by atoms with E-state index in [0.29, 0.717) is 12.8 Å². The second-order valence-electron chi connectivity index (χ2n) is 13.5.